The molecular formula is C19H25N3O. The Morgan fingerprint density at radius 3 is 2.87 bits per heavy atom. The zero-order valence-electron chi connectivity index (χ0n) is 13.8. The van der Waals surface area contributed by atoms with Crippen LogP contribution in [0, 0.1) is 0 Å². The van der Waals surface area contributed by atoms with E-state index in [0.29, 0.717) is 18.2 Å². The number of rotatable bonds is 5. The molecule has 0 aliphatic carbocycles. The molecular weight excluding hydrogens is 286 g/mol. The topological polar surface area (TPSA) is 38.1 Å². The maximum Gasteiger partial charge on any atom is 0.222 e. The van der Waals surface area contributed by atoms with Gasteiger partial charge in [-0.2, -0.15) is 0 Å². The number of hydrogen-bond donors (Lipinski definition) is 0. The fourth-order valence-electron chi connectivity index (χ4n) is 3.43. The van der Waals surface area contributed by atoms with Gasteiger partial charge in [-0.1, -0.05) is 30.3 Å². The summed E-state index contributed by atoms with van der Waals surface area (Å²) in [4.78, 5) is 19.0. The molecule has 1 saturated heterocycles. The number of hydrogen-bond acceptors (Lipinski definition) is 2. The molecule has 2 heterocycles. The van der Waals surface area contributed by atoms with Crippen LogP contribution in [0.2, 0.25) is 0 Å². The highest BCUT2D eigenvalue weighted by atomic mass is 16.2. The lowest BCUT2D eigenvalue weighted by Gasteiger charge is -2.32. The number of likely N-dealkylation sites (tertiary alicyclic amines) is 1. The molecule has 0 bridgehead atoms. The van der Waals surface area contributed by atoms with Gasteiger partial charge in [-0.05, 0) is 31.2 Å². The zero-order valence-corrected chi connectivity index (χ0v) is 13.8. The Kier molecular flexibility index (Phi) is 5.11. The van der Waals surface area contributed by atoms with E-state index in [0.717, 1.165) is 44.6 Å². The van der Waals surface area contributed by atoms with E-state index in [2.05, 4.69) is 33.8 Å². The first-order valence-corrected chi connectivity index (χ1v) is 8.53. The second-order valence-corrected chi connectivity index (χ2v) is 6.41. The molecule has 0 radical (unpaired) electrons. The summed E-state index contributed by atoms with van der Waals surface area (Å²) in [6, 6.07) is 10.4. The van der Waals surface area contributed by atoms with Crippen LogP contribution >= 0.6 is 0 Å². The first kappa shape index (κ1) is 15.8. The quantitative estimate of drug-likeness (QED) is 0.851. The molecule has 1 atom stereocenters. The maximum absolute atomic E-state index is 12.5. The number of piperidine rings is 1. The lowest BCUT2D eigenvalue weighted by Crippen LogP contribution is -2.39. The highest BCUT2D eigenvalue weighted by Crippen LogP contribution is 2.26. The van der Waals surface area contributed by atoms with Crippen molar-refractivity contribution in [3.8, 4) is 0 Å². The van der Waals surface area contributed by atoms with Crippen molar-refractivity contribution in [2.45, 2.75) is 38.0 Å². The molecule has 23 heavy (non-hydrogen) atoms. The summed E-state index contributed by atoms with van der Waals surface area (Å²) in [5.74, 6) is 1.77. The van der Waals surface area contributed by atoms with Crippen molar-refractivity contribution in [2.75, 3.05) is 13.1 Å². The third-order valence-electron chi connectivity index (χ3n) is 4.70. The van der Waals surface area contributed by atoms with Crippen LogP contribution in [0.25, 0.3) is 0 Å². The molecule has 1 aliphatic rings. The fourth-order valence-corrected chi connectivity index (χ4v) is 3.43. The first-order valence-electron chi connectivity index (χ1n) is 8.53. The molecule has 1 aromatic carbocycles. The van der Waals surface area contributed by atoms with Gasteiger partial charge in [0.15, 0.2) is 0 Å². The van der Waals surface area contributed by atoms with Crippen LogP contribution in [0.4, 0.5) is 0 Å². The van der Waals surface area contributed by atoms with Crippen LogP contribution in [0.3, 0.4) is 0 Å². The van der Waals surface area contributed by atoms with Gasteiger partial charge in [-0.3, -0.25) is 4.79 Å². The smallest absolute Gasteiger partial charge is 0.222 e. The number of nitrogens with zero attached hydrogens (tertiary/aromatic N) is 3. The number of aromatic nitrogens is 2. The summed E-state index contributed by atoms with van der Waals surface area (Å²) >= 11 is 0. The van der Waals surface area contributed by atoms with Crippen molar-refractivity contribution in [1.82, 2.24) is 14.5 Å². The number of imidazole rings is 1. The third kappa shape index (κ3) is 4.01. The Labute approximate surface area is 138 Å². The van der Waals surface area contributed by atoms with Gasteiger partial charge in [0.1, 0.15) is 5.82 Å². The number of carbonyl (C=O) groups is 1. The largest absolute Gasteiger partial charge is 0.342 e. The Hall–Kier alpha value is -2.10. The Morgan fingerprint density at radius 2 is 2.13 bits per heavy atom. The minimum absolute atomic E-state index is 0.292. The van der Waals surface area contributed by atoms with E-state index >= 15 is 0 Å². The molecule has 1 aromatic heterocycles. The predicted octanol–water partition coefficient (Wildman–Crippen LogP) is 3.15. The molecule has 0 saturated carbocycles. The Bertz CT molecular complexity index is 635. The fraction of sp³-hybridized carbons (Fsp3) is 0.474. The van der Waals surface area contributed by atoms with Gasteiger partial charge in [0.2, 0.25) is 5.91 Å². The van der Waals surface area contributed by atoms with Crippen molar-refractivity contribution in [1.29, 1.82) is 0 Å². The molecule has 4 nitrogen and oxygen atoms in total. The summed E-state index contributed by atoms with van der Waals surface area (Å²) in [7, 11) is 2.03. The molecule has 1 fully saturated rings. The highest BCUT2D eigenvalue weighted by Gasteiger charge is 2.26. The lowest BCUT2D eigenvalue weighted by molar-refractivity contribution is -0.132. The second-order valence-electron chi connectivity index (χ2n) is 6.41. The van der Waals surface area contributed by atoms with Crippen LogP contribution in [-0.4, -0.2) is 33.4 Å². The van der Waals surface area contributed by atoms with Gasteiger partial charge in [-0.25, -0.2) is 4.98 Å². The summed E-state index contributed by atoms with van der Waals surface area (Å²) in [5.41, 5.74) is 1.31. The summed E-state index contributed by atoms with van der Waals surface area (Å²) in [5, 5.41) is 0. The molecule has 1 aliphatic heterocycles. The van der Waals surface area contributed by atoms with Crippen LogP contribution in [0.5, 0.6) is 0 Å². The minimum Gasteiger partial charge on any atom is -0.342 e. The lowest BCUT2D eigenvalue weighted by atomic mass is 9.96. The van der Waals surface area contributed by atoms with Crippen LogP contribution in [0.1, 0.15) is 43.0 Å². The Balaban J connectivity index is 1.50. The van der Waals surface area contributed by atoms with Crippen molar-refractivity contribution in [3.63, 3.8) is 0 Å². The second kappa shape index (κ2) is 7.44. The van der Waals surface area contributed by atoms with E-state index in [-0.39, 0.29) is 0 Å². The number of aryl methyl sites for hydroxylation is 2. The number of amides is 1. The van der Waals surface area contributed by atoms with E-state index in [4.69, 9.17) is 0 Å². The number of carbonyl (C=O) groups excluding carboxylic acids is 1. The van der Waals surface area contributed by atoms with Gasteiger partial charge in [0.05, 0.1) is 0 Å². The molecule has 1 amide bonds. The van der Waals surface area contributed by atoms with Crippen molar-refractivity contribution < 1.29 is 4.79 Å². The van der Waals surface area contributed by atoms with Crippen molar-refractivity contribution in [3.05, 3.63) is 54.1 Å². The maximum atomic E-state index is 12.5. The molecule has 3 rings (SSSR count). The third-order valence-corrected chi connectivity index (χ3v) is 4.70. The van der Waals surface area contributed by atoms with Gasteiger partial charge in [0.25, 0.3) is 0 Å². The van der Waals surface area contributed by atoms with Crippen molar-refractivity contribution in [2.24, 2.45) is 7.05 Å². The molecule has 1 unspecified atom stereocenters. The predicted molar refractivity (Wildman–Crippen MR) is 91.1 cm³/mol. The number of benzene rings is 1. The van der Waals surface area contributed by atoms with E-state index in [1.54, 1.807) is 0 Å². The van der Waals surface area contributed by atoms with E-state index in [1.807, 2.05) is 30.4 Å². The average Bonchev–Trinajstić information content (AvgIpc) is 3.02. The summed E-state index contributed by atoms with van der Waals surface area (Å²) < 4.78 is 2.08. The zero-order chi connectivity index (χ0) is 16.1. The Morgan fingerprint density at radius 1 is 1.30 bits per heavy atom. The van der Waals surface area contributed by atoms with Crippen LogP contribution in [-0.2, 0) is 18.3 Å². The molecule has 0 N–H and O–H groups in total. The molecule has 2 aromatic rings. The van der Waals surface area contributed by atoms with E-state index < -0.39 is 0 Å². The normalized spacial score (nSPS) is 18.1. The van der Waals surface area contributed by atoms with Crippen molar-refractivity contribution >= 4 is 5.91 Å². The molecule has 0 spiro atoms. The average molecular weight is 311 g/mol. The van der Waals surface area contributed by atoms with E-state index in [1.165, 1.54) is 5.56 Å². The summed E-state index contributed by atoms with van der Waals surface area (Å²) in [6.45, 7) is 1.71. The van der Waals surface area contributed by atoms with Gasteiger partial charge in [-0.15, -0.1) is 0 Å². The standard InChI is InChI=1S/C19H25N3O/c1-21-14-12-20-19(21)17-10-6-13-22(15-17)18(23)11-5-9-16-7-3-2-4-8-16/h2-4,7-8,12,14,17H,5-6,9-11,13,15H2,1H3. The summed E-state index contributed by atoms with van der Waals surface area (Å²) in [6.07, 6.45) is 8.56. The minimum atomic E-state index is 0.292. The van der Waals surface area contributed by atoms with Gasteiger partial charge < -0.3 is 9.47 Å². The van der Waals surface area contributed by atoms with Gasteiger partial charge in [0, 0.05) is 44.9 Å². The monoisotopic (exact) mass is 311 g/mol. The van der Waals surface area contributed by atoms with E-state index in [9.17, 15) is 4.79 Å². The van der Waals surface area contributed by atoms with Crippen LogP contribution < -0.4 is 0 Å². The SMILES string of the molecule is Cn1ccnc1C1CCCN(C(=O)CCCc2ccccc2)C1. The van der Waals surface area contributed by atoms with Gasteiger partial charge >= 0.3 is 0 Å². The highest BCUT2D eigenvalue weighted by molar-refractivity contribution is 5.76. The van der Waals surface area contributed by atoms with Crippen LogP contribution in [0.15, 0.2) is 42.7 Å². The molecule has 122 valence electrons. The molecule has 4 heteroatoms. The first-order chi connectivity index (χ1) is 11.2.